The molecule has 23 heavy (non-hydrogen) atoms. The van der Waals surface area contributed by atoms with Crippen LogP contribution >= 0.6 is 11.6 Å². The summed E-state index contributed by atoms with van der Waals surface area (Å²) in [4.78, 5) is 24.5. The Kier molecular flexibility index (Phi) is 4.04. The van der Waals surface area contributed by atoms with E-state index in [0.717, 1.165) is 5.56 Å². The standard InChI is InChI=1S/C17H13ClN2O3/c1-23-14-7-5-11(6-8-14)9-15-16(21)19-20(17(15)22)13-4-2-3-12(18)10-13/h2-10H,1H3,(H,19,21). The lowest BCUT2D eigenvalue weighted by molar-refractivity contribution is -0.117. The van der Waals surface area contributed by atoms with Crippen molar-refractivity contribution in [3.63, 3.8) is 0 Å². The number of ether oxygens (including phenoxy) is 1. The van der Waals surface area contributed by atoms with Crippen molar-refractivity contribution in [2.45, 2.75) is 0 Å². The minimum absolute atomic E-state index is 0.0649. The van der Waals surface area contributed by atoms with E-state index in [9.17, 15) is 9.59 Å². The Morgan fingerprint density at radius 3 is 2.52 bits per heavy atom. The van der Waals surface area contributed by atoms with Gasteiger partial charge in [0.05, 0.1) is 12.8 Å². The Labute approximate surface area is 138 Å². The Bertz CT molecular complexity index is 800. The van der Waals surface area contributed by atoms with Crippen molar-refractivity contribution in [1.29, 1.82) is 0 Å². The predicted molar refractivity (Wildman–Crippen MR) is 88.1 cm³/mol. The molecule has 0 atom stereocenters. The molecule has 2 aromatic rings. The minimum Gasteiger partial charge on any atom is -0.497 e. The zero-order valence-corrected chi connectivity index (χ0v) is 13.0. The summed E-state index contributed by atoms with van der Waals surface area (Å²) in [6, 6.07) is 13.8. The number of benzene rings is 2. The first-order chi connectivity index (χ1) is 11.1. The lowest BCUT2D eigenvalue weighted by Gasteiger charge is -2.14. The highest BCUT2D eigenvalue weighted by molar-refractivity contribution is 6.33. The van der Waals surface area contributed by atoms with Crippen LogP contribution in [0.25, 0.3) is 6.08 Å². The fourth-order valence-corrected chi connectivity index (χ4v) is 2.41. The number of amides is 2. The normalized spacial score (nSPS) is 15.9. The van der Waals surface area contributed by atoms with Crippen LogP contribution in [-0.4, -0.2) is 18.9 Å². The van der Waals surface area contributed by atoms with Gasteiger partial charge in [-0.1, -0.05) is 29.8 Å². The summed E-state index contributed by atoms with van der Waals surface area (Å²) < 4.78 is 5.08. The van der Waals surface area contributed by atoms with Crippen molar-refractivity contribution in [3.8, 4) is 5.75 Å². The first-order valence-corrected chi connectivity index (χ1v) is 7.23. The topological polar surface area (TPSA) is 58.6 Å². The number of hydrogen-bond donors (Lipinski definition) is 1. The number of rotatable bonds is 3. The van der Waals surface area contributed by atoms with Crippen LogP contribution in [0.15, 0.2) is 54.1 Å². The number of anilines is 1. The third-order valence-electron chi connectivity index (χ3n) is 3.38. The van der Waals surface area contributed by atoms with Crippen molar-refractivity contribution in [1.82, 2.24) is 5.43 Å². The minimum atomic E-state index is -0.453. The molecule has 2 aromatic carbocycles. The van der Waals surface area contributed by atoms with Crippen molar-refractivity contribution in [3.05, 3.63) is 64.7 Å². The average molecular weight is 329 g/mol. The number of carbonyl (C=O) groups excluding carboxylic acids is 2. The molecule has 3 rings (SSSR count). The highest BCUT2D eigenvalue weighted by atomic mass is 35.5. The van der Waals surface area contributed by atoms with E-state index in [2.05, 4.69) is 5.43 Å². The zero-order chi connectivity index (χ0) is 16.4. The van der Waals surface area contributed by atoms with E-state index in [1.54, 1.807) is 61.7 Å². The van der Waals surface area contributed by atoms with Crippen LogP contribution in [-0.2, 0) is 9.59 Å². The summed E-state index contributed by atoms with van der Waals surface area (Å²) in [6.07, 6.45) is 1.54. The summed E-state index contributed by atoms with van der Waals surface area (Å²) in [5, 5.41) is 1.67. The first kappa shape index (κ1) is 15.1. The number of carbonyl (C=O) groups is 2. The quantitative estimate of drug-likeness (QED) is 0.696. The maximum Gasteiger partial charge on any atom is 0.282 e. The van der Waals surface area contributed by atoms with Gasteiger partial charge in [0.2, 0.25) is 0 Å². The van der Waals surface area contributed by atoms with E-state index < -0.39 is 11.8 Å². The van der Waals surface area contributed by atoms with Gasteiger partial charge < -0.3 is 4.74 Å². The van der Waals surface area contributed by atoms with E-state index >= 15 is 0 Å². The van der Waals surface area contributed by atoms with Gasteiger partial charge in [-0.3, -0.25) is 15.0 Å². The molecule has 1 N–H and O–H groups in total. The van der Waals surface area contributed by atoms with Crippen LogP contribution < -0.4 is 15.2 Å². The molecular weight excluding hydrogens is 316 g/mol. The van der Waals surface area contributed by atoms with Crippen LogP contribution in [0.4, 0.5) is 5.69 Å². The Morgan fingerprint density at radius 1 is 1.13 bits per heavy atom. The smallest absolute Gasteiger partial charge is 0.282 e. The fraction of sp³-hybridized carbons (Fsp3) is 0.0588. The van der Waals surface area contributed by atoms with Crippen molar-refractivity contribution in [2.75, 3.05) is 12.1 Å². The molecule has 1 aliphatic heterocycles. The summed E-state index contributed by atoms with van der Waals surface area (Å²) in [6.45, 7) is 0. The molecule has 6 heteroatoms. The molecule has 2 amide bonds. The van der Waals surface area contributed by atoms with E-state index in [-0.39, 0.29) is 5.57 Å². The molecule has 0 bridgehead atoms. The Morgan fingerprint density at radius 2 is 1.87 bits per heavy atom. The second kappa shape index (κ2) is 6.14. The molecule has 5 nitrogen and oxygen atoms in total. The van der Waals surface area contributed by atoms with Gasteiger partial charge in [0.15, 0.2) is 0 Å². The summed E-state index contributed by atoms with van der Waals surface area (Å²) in [5.74, 6) is -0.172. The molecular formula is C17H13ClN2O3. The van der Waals surface area contributed by atoms with Gasteiger partial charge in [-0.2, -0.15) is 0 Å². The van der Waals surface area contributed by atoms with E-state index in [1.165, 1.54) is 5.01 Å². The van der Waals surface area contributed by atoms with Gasteiger partial charge >= 0.3 is 0 Å². The summed E-state index contributed by atoms with van der Waals surface area (Å²) in [7, 11) is 1.57. The fourth-order valence-electron chi connectivity index (χ4n) is 2.22. The maximum atomic E-state index is 12.5. The average Bonchev–Trinajstić information content (AvgIpc) is 2.84. The van der Waals surface area contributed by atoms with Crippen LogP contribution in [0.2, 0.25) is 5.02 Å². The van der Waals surface area contributed by atoms with Gasteiger partial charge in [-0.25, -0.2) is 5.01 Å². The van der Waals surface area contributed by atoms with Gasteiger partial charge in [0.1, 0.15) is 11.3 Å². The molecule has 1 heterocycles. The molecule has 116 valence electrons. The molecule has 0 aromatic heterocycles. The number of hydrazine groups is 1. The number of hydrogen-bond acceptors (Lipinski definition) is 3. The van der Waals surface area contributed by atoms with Gasteiger partial charge in [-0.05, 0) is 42.0 Å². The molecule has 0 spiro atoms. The second-order valence-corrected chi connectivity index (χ2v) is 5.33. The van der Waals surface area contributed by atoms with Crippen LogP contribution in [0.3, 0.4) is 0 Å². The van der Waals surface area contributed by atoms with Crippen molar-refractivity contribution in [2.24, 2.45) is 0 Å². The highest BCUT2D eigenvalue weighted by Gasteiger charge is 2.34. The summed E-state index contributed by atoms with van der Waals surface area (Å²) in [5.41, 5.74) is 3.84. The van der Waals surface area contributed by atoms with E-state index in [0.29, 0.717) is 16.5 Å². The van der Waals surface area contributed by atoms with E-state index in [1.807, 2.05) is 0 Å². The number of methoxy groups -OCH3 is 1. The van der Waals surface area contributed by atoms with Crippen LogP contribution in [0.1, 0.15) is 5.56 Å². The molecule has 0 unspecified atom stereocenters. The van der Waals surface area contributed by atoms with Crippen molar-refractivity contribution >= 4 is 35.2 Å². The molecule has 0 aliphatic carbocycles. The largest absolute Gasteiger partial charge is 0.497 e. The molecule has 0 saturated carbocycles. The van der Waals surface area contributed by atoms with Gasteiger partial charge in [-0.15, -0.1) is 0 Å². The van der Waals surface area contributed by atoms with Crippen molar-refractivity contribution < 1.29 is 14.3 Å². The van der Waals surface area contributed by atoms with Gasteiger partial charge in [0, 0.05) is 5.02 Å². The van der Waals surface area contributed by atoms with Gasteiger partial charge in [0.25, 0.3) is 11.8 Å². The second-order valence-electron chi connectivity index (χ2n) is 4.89. The predicted octanol–water partition coefficient (Wildman–Crippen LogP) is 2.81. The SMILES string of the molecule is COc1ccc(C=C2C(=O)NN(c3cccc(Cl)c3)C2=O)cc1. The van der Waals surface area contributed by atoms with Crippen LogP contribution in [0, 0.1) is 0 Å². The zero-order valence-electron chi connectivity index (χ0n) is 12.2. The number of nitrogens with one attached hydrogen (secondary N) is 1. The number of nitrogens with zero attached hydrogens (tertiary/aromatic N) is 1. The third-order valence-corrected chi connectivity index (χ3v) is 3.62. The lowest BCUT2D eigenvalue weighted by Crippen LogP contribution is -2.35. The summed E-state index contributed by atoms with van der Waals surface area (Å²) >= 11 is 5.92. The third kappa shape index (κ3) is 3.05. The highest BCUT2D eigenvalue weighted by Crippen LogP contribution is 2.24. The molecule has 1 fully saturated rings. The molecule has 1 saturated heterocycles. The first-order valence-electron chi connectivity index (χ1n) is 6.85. The van der Waals surface area contributed by atoms with E-state index in [4.69, 9.17) is 16.3 Å². The number of halogens is 1. The lowest BCUT2D eigenvalue weighted by atomic mass is 10.1. The van der Waals surface area contributed by atoms with Crippen LogP contribution in [0.5, 0.6) is 5.75 Å². The molecule has 1 aliphatic rings. The maximum absolute atomic E-state index is 12.5. The Hall–Kier alpha value is -2.79. The molecule has 0 radical (unpaired) electrons. The Balaban J connectivity index is 1.90. The monoisotopic (exact) mass is 328 g/mol.